The quantitative estimate of drug-likeness (QED) is 0.655. The average molecular weight is 371 g/mol. The number of para-hydroxylation sites is 1. The Labute approximate surface area is 166 Å². The van der Waals surface area contributed by atoms with Gasteiger partial charge < -0.3 is 4.90 Å². The molecule has 0 unspecified atom stereocenters. The van der Waals surface area contributed by atoms with Gasteiger partial charge in [0.1, 0.15) is 5.78 Å². The Bertz CT molecular complexity index is 605. The number of anilines is 1. The Morgan fingerprint density at radius 3 is 2.22 bits per heavy atom. The van der Waals surface area contributed by atoms with Crippen LogP contribution in [0.5, 0.6) is 0 Å². The maximum Gasteiger partial charge on any atom is 0.146 e. The molecule has 150 valence electrons. The minimum atomic E-state index is 0.362. The van der Waals surface area contributed by atoms with Crippen molar-refractivity contribution in [3.05, 3.63) is 29.8 Å². The van der Waals surface area contributed by atoms with Crippen molar-refractivity contribution in [3.8, 4) is 0 Å². The van der Waals surface area contributed by atoms with E-state index in [1.807, 2.05) is 6.92 Å². The van der Waals surface area contributed by atoms with E-state index in [4.69, 9.17) is 0 Å². The van der Waals surface area contributed by atoms with Gasteiger partial charge in [-0.3, -0.25) is 9.69 Å². The summed E-state index contributed by atoms with van der Waals surface area (Å²) < 4.78 is 0. The van der Waals surface area contributed by atoms with Gasteiger partial charge in [0.05, 0.1) is 6.54 Å². The lowest BCUT2D eigenvalue weighted by Crippen LogP contribution is -2.48. The van der Waals surface area contributed by atoms with E-state index in [0.29, 0.717) is 30.1 Å². The number of carbonyl (C=O) groups is 1. The number of Topliss-reactive ketones (excluding diaryl/α,β-unsaturated/α-hetero) is 1. The topological polar surface area (TPSA) is 23.6 Å². The van der Waals surface area contributed by atoms with Gasteiger partial charge >= 0.3 is 0 Å². The van der Waals surface area contributed by atoms with Gasteiger partial charge in [0, 0.05) is 38.3 Å². The van der Waals surface area contributed by atoms with Crippen LogP contribution in [0, 0.1) is 5.41 Å². The number of benzene rings is 1. The maximum atomic E-state index is 11.7. The molecule has 1 saturated heterocycles. The van der Waals surface area contributed by atoms with Crippen molar-refractivity contribution in [2.45, 2.75) is 71.6 Å². The molecular weight excluding hydrogens is 332 g/mol. The van der Waals surface area contributed by atoms with E-state index in [1.54, 1.807) is 5.56 Å². The molecule has 1 saturated carbocycles. The molecule has 0 radical (unpaired) electrons. The molecule has 0 atom stereocenters. The molecule has 0 spiro atoms. The highest BCUT2D eigenvalue weighted by atomic mass is 16.1. The third-order valence-corrected chi connectivity index (χ3v) is 7.43. The standard InChI is InChI=1S/C24H38N2O/c1-4-21(27)19-25-15-17-26(18-16-25)23-10-8-7-9-22(23)20-11-13-24(5-2,6-3)14-12-20/h7-10,20H,4-6,11-19H2,1-3H3. The first kappa shape index (κ1) is 20.4. The molecule has 1 aliphatic carbocycles. The average Bonchev–Trinajstić information content (AvgIpc) is 2.74. The molecule has 1 aliphatic heterocycles. The van der Waals surface area contributed by atoms with Crippen molar-refractivity contribution in [2.24, 2.45) is 5.41 Å². The normalized spacial score (nSPS) is 21.4. The van der Waals surface area contributed by atoms with E-state index in [2.05, 4.69) is 47.9 Å². The van der Waals surface area contributed by atoms with Crippen LogP contribution in [-0.4, -0.2) is 43.4 Å². The second-order valence-corrected chi connectivity index (χ2v) is 8.70. The monoisotopic (exact) mass is 370 g/mol. The van der Waals surface area contributed by atoms with Crippen molar-refractivity contribution >= 4 is 11.5 Å². The van der Waals surface area contributed by atoms with Gasteiger partial charge in [0.2, 0.25) is 0 Å². The highest BCUT2D eigenvalue weighted by Gasteiger charge is 2.34. The zero-order valence-corrected chi connectivity index (χ0v) is 17.7. The Hall–Kier alpha value is -1.35. The first-order valence-electron chi connectivity index (χ1n) is 11.2. The van der Waals surface area contributed by atoms with Gasteiger partial charge in [-0.15, -0.1) is 0 Å². The van der Waals surface area contributed by atoms with Crippen LogP contribution in [-0.2, 0) is 4.79 Å². The third kappa shape index (κ3) is 4.74. The number of carbonyl (C=O) groups excluding carboxylic acids is 1. The predicted octanol–water partition coefficient (Wildman–Crippen LogP) is 5.25. The number of nitrogens with zero attached hydrogens (tertiary/aromatic N) is 2. The first-order valence-corrected chi connectivity index (χ1v) is 11.2. The van der Waals surface area contributed by atoms with Gasteiger partial charge in [0.25, 0.3) is 0 Å². The fraction of sp³-hybridized carbons (Fsp3) is 0.708. The van der Waals surface area contributed by atoms with Crippen LogP contribution in [0.2, 0.25) is 0 Å². The number of rotatable bonds is 7. The molecule has 0 bridgehead atoms. The van der Waals surface area contributed by atoms with Crippen LogP contribution in [0.1, 0.15) is 77.2 Å². The van der Waals surface area contributed by atoms with E-state index >= 15 is 0 Å². The predicted molar refractivity (Wildman–Crippen MR) is 115 cm³/mol. The maximum absolute atomic E-state index is 11.7. The summed E-state index contributed by atoms with van der Waals surface area (Å²) >= 11 is 0. The Balaban J connectivity index is 1.65. The lowest BCUT2D eigenvalue weighted by atomic mass is 9.66. The molecule has 0 N–H and O–H groups in total. The summed E-state index contributed by atoms with van der Waals surface area (Å²) in [7, 11) is 0. The van der Waals surface area contributed by atoms with Gasteiger partial charge in [-0.05, 0) is 48.6 Å². The lowest BCUT2D eigenvalue weighted by molar-refractivity contribution is -0.119. The minimum Gasteiger partial charge on any atom is -0.369 e. The van der Waals surface area contributed by atoms with E-state index in [9.17, 15) is 4.79 Å². The summed E-state index contributed by atoms with van der Waals surface area (Å²) in [5.74, 6) is 1.08. The molecule has 0 aromatic heterocycles. The third-order valence-electron chi connectivity index (χ3n) is 7.43. The molecule has 1 aromatic carbocycles. The fourth-order valence-corrected chi connectivity index (χ4v) is 5.13. The molecule has 1 heterocycles. The minimum absolute atomic E-state index is 0.362. The van der Waals surface area contributed by atoms with Crippen LogP contribution in [0.4, 0.5) is 5.69 Å². The van der Waals surface area contributed by atoms with Crippen molar-refractivity contribution in [2.75, 3.05) is 37.6 Å². The molecule has 3 nitrogen and oxygen atoms in total. The highest BCUT2D eigenvalue weighted by Crippen LogP contribution is 2.48. The smallest absolute Gasteiger partial charge is 0.146 e. The van der Waals surface area contributed by atoms with Gasteiger partial charge in [0.15, 0.2) is 0 Å². The zero-order valence-electron chi connectivity index (χ0n) is 17.7. The van der Waals surface area contributed by atoms with Crippen molar-refractivity contribution in [3.63, 3.8) is 0 Å². The lowest BCUT2D eigenvalue weighted by Gasteiger charge is -2.41. The van der Waals surface area contributed by atoms with Crippen LogP contribution >= 0.6 is 0 Å². The summed E-state index contributed by atoms with van der Waals surface area (Å²) in [6.45, 7) is 11.4. The summed E-state index contributed by atoms with van der Waals surface area (Å²) in [5.41, 5.74) is 3.61. The van der Waals surface area contributed by atoms with Crippen molar-refractivity contribution in [1.82, 2.24) is 4.90 Å². The zero-order chi connectivity index (χ0) is 19.3. The van der Waals surface area contributed by atoms with Gasteiger partial charge in [-0.1, -0.05) is 51.8 Å². The SMILES string of the molecule is CCC(=O)CN1CCN(c2ccccc2C2CCC(CC)(CC)CC2)CC1. The van der Waals surface area contributed by atoms with Crippen molar-refractivity contribution < 1.29 is 4.79 Å². The Kier molecular flexibility index (Phi) is 6.97. The molecule has 3 rings (SSSR count). The summed E-state index contributed by atoms with van der Waals surface area (Å²) in [5, 5.41) is 0. The first-order chi connectivity index (χ1) is 13.1. The van der Waals surface area contributed by atoms with Crippen LogP contribution in [0.3, 0.4) is 0 Å². The summed E-state index contributed by atoms with van der Waals surface area (Å²) in [4.78, 5) is 16.6. The number of hydrogen-bond donors (Lipinski definition) is 0. The second-order valence-electron chi connectivity index (χ2n) is 8.70. The van der Waals surface area contributed by atoms with Gasteiger partial charge in [-0.25, -0.2) is 0 Å². The molecule has 3 heteroatoms. The fourth-order valence-electron chi connectivity index (χ4n) is 5.13. The molecule has 27 heavy (non-hydrogen) atoms. The molecule has 1 aromatic rings. The van der Waals surface area contributed by atoms with Crippen LogP contribution < -0.4 is 4.90 Å². The summed E-state index contributed by atoms with van der Waals surface area (Å²) in [6.07, 6.45) is 8.75. The molecule has 2 fully saturated rings. The Morgan fingerprint density at radius 1 is 1.00 bits per heavy atom. The van der Waals surface area contributed by atoms with Crippen molar-refractivity contribution in [1.29, 1.82) is 0 Å². The molecule has 0 amide bonds. The number of piperazine rings is 1. The number of hydrogen-bond acceptors (Lipinski definition) is 3. The summed E-state index contributed by atoms with van der Waals surface area (Å²) in [6, 6.07) is 9.11. The van der Waals surface area contributed by atoms with Crippen LogP contribution in [0.25, 0.3) is 0 Å². The van der Waals surface area contributed by atoms with E-state index in [-0.39, 0.29) is 0 Å². The van der Waals surface area contributed by atoms with E-state index in [1.165, 1.54) is 44.2 Å². The highest BCUT2D eigenvalue weighted by molar-refractivity contribution is 5.80. The largest absolute Gasteiger partial charge is 0.369 e. The van der Waals surface area contributed by atoms with Crippen LogP contribution in [0.15, 0.2) is 24.3 Å². The van der Waals surface area contributed by atoms with Gasteiger partial charge in [-0.2, -0.15) is 0 Å². The van der Waals surface area contributed by atoms with E-state index < -0.39 is 0 Å². The molecular formula is C24H38N2O. The van der Waals surface area contributed by atoms with E-state index in [0.717, 1.165) is 26.2 Å². The number of ketones is 1. The Morgan fingerprint density at radius 2 is 1.63 bits per heavy atom. The molecule has 2 aliphatic rings. The second kappa shape index (κ2) is 9.23.